The van der Waals surface area contributed by atoms with Crippen LogP contribution in [0.25, 0.3) is 0 Å². The third-order valence-electron chi connectivity index (χ3n) is 8.72. The maximum absolute atomic E-state index is 14.0. The molecule has 0 saturated carbocycles. The largest absolute Gasteiger partial charge is 0.352 e. The van der Waals surface area contributed by atoms with Crippen LogP contribution in [0, 0.1) is 5.92 Å². The molecule has 45 heavy (non-hydrogen) atoms. The van der Waals surface area contributed by atoms with Crippen molar-refractivity contribution in [3.05, 3.63) is 89.2 Å². The summed E-state index contributed by atoms with van der Waals surface area (Å²) >= 11 is 0. The fourth-order valence-corrected chi connectivity index (χ4v) is 6.28. The van der Waals surface area contributed by atoms with E-state index in [4.69, 9.17) is 0 Å². The minimum absolute atomic E-state index is 0.119. The zero-order chi connectivity index (χ0) is 31.8. The normalized spacial score (nSPS) is 20.0. The molecule has 1 aliphatic heterocycles. The first-order chi connectivity index (χ1) is 21.7. The van der Waals surface area contributed by atoms with Crippen molar-refractivity contribution in [1.82, 2.24) is 30.2 Å². The third kappa shape index (κ3) is 7.79. The van der Waals surface area contributed by atoms with Crippen LogP contribution >= 0.6 is 0 Å². The number of aryl methyl sites for hydroxylation is 1. The van der Waals surface area contributed by atoms with E-state index in [2.05, 4.69) is 29.6 Å². The zero-order valence-corrected chi connectivity index (χ0v) is 26.3. The van der Waals surface area contributed by atoms with Crippen molar-refractivity contribution in [2.24, 2.45) is 5.92 Å². The standard InChI is InChI=1S/C35H44N6O4/c1-26(2)16-20-40-25-31(42)38-35(17-8-13-28-12-6-7-14-30(28)35)34(45)36-18-21-39(19-9-15-32(40)43)33(44)29-22-37-41(24-29)23-27-10-4-3-5-11-27/h3-7,10-12,14,22,24,26H,8-9,13,15-21,23,25H2,1-2H3,(H,36,45)(H,38,42). The minimum atomic E-state index is -1.25. The maximum atomic E-state index is 14.0. The molecule has 1 spiro atoms. The van der Waals surface area contributed by atoms with Crippen molar-refractivity contribution < 1.29 is 19.2 Å². The summed E-state index contributed by atoms with van der Waals surface area (Å²) in [6, 6.07) is 17.6. The highest BCUT2D eigenvalue weighted by Crippen LogP contribution is 2.36. The predicted octanol–water partition coefficient (Wildman–Crippen LogP) is 3.51. The number of aromatic nitrogens is 2. The number of rotatable bonds is 6. The molecular formula is C35H44N6O4. The van der Waals surface area contributed by atoms with Gasteiger partial charge in [0.25, 0.3) is 11.8 Å². The molecule has 1 unspecified atom stereocenters. The Balaban J connectivity index is 1.39. The molecule has 1 saturated heterocycles. The lowest BCUT2D eigenvalue weighted by molar-refractivity contribution is -0.139. The number of fused-ring (bicyclic) bond motifs is 2. The number of hydrogen-bond acceptors (Lipinski definition) is 5. The molecule has 2 N–H and O–H groups in total. The molecule has 238 valence electrons. The molecule has 1 atom stereocenters. The Kier molecular flexibility index (Phi) is 10.3. The summed E-state index contributed by atoms with van der Waals surface area (Å²) in [6.07, 6.45) is 6.71. The van der Waals surface area contributed by atoms with Gasteiger partial charge in [0.2, 0.25) is 11.8 Å². The second kappa shape index (κ2) is 14.5. The highest BCUT2D eigenvalue weighted by atomic mass is 16.2. The molecule has 4 amide bonds. The first-order valence-corrected chi connectivity index (χ1v) is 16.1. The van der Waals surface area contributed by atoms with Crippen molar-refractivity contribution in [1.29, 1.82) is 0 Å². The molecule has 2 aromatic carbocycles. The molecule has 5 rings (SSSR count). The average Bonchev–Trinajstić information content (AvgIpc) is 3.50. The Morgan fingerprint density at radius 2 is 1.76 bits per heavy atom. The van der Waals surface area contributed by atoms with Gasteiger partial charge in [0, 0.05) is 38.8 Å². The molecule has 0 radical (unpaired) electrons. The van der Waals surface area contributed by atoms with E-state index >= 15 is 0 Å². The van der Waals surface area contributed by atoms with Crippen molar-refractivity contribution in [3.8, 4) is 0 Å². The molecule has 2 heterocycles. The number of benzene rings is 2. The fraction of sp³-hybridized carbons (Fsp3) is 0.457. The van der Waals surface area contributed by atoms with E-state index in [0.717, 1.165) is 36.0 Å². The van der Waals surface area contributed by atoms with Gasteiger partial charge in [-0.15, -0.1) is 0 Å². The number of carbonyl (C=O) groups excluding carboxylic acids is 4. The summed E-state index contributed by atoms with van der Waals surface area (Å²) in [4.78, 5) is 58.0. The van der Waals surface area contributed by atoms with Gasteiger partial charge < -0.3 is 20.4 Å². The van der Waals surface area contributed by atoms with Crippen LogP contribution in [0.5, 0.6) is 0 Å². The number of nitrogens with one attached hydrogen (secondary N) is 2. The van der Waals surface area contributed by atoms with E-state index in [0.29, 0.717) is 44.0 Å². The number of nitrogens with zero attached hydrogens (tertiary/aromatic N) is 4. The molecule has 0 bridgehead atoms. The van der Waals surface area contributed by atoms with E-state index in [1.54, 1.807) is 26.9 Å². The Morgan fingerprint density at radius 1 is 0.978 bits per heavy atom. The van der Waals surface area contributed by atoms with Gasteiger partial charge in [-0.05, 0) is 54.7 Å². The highest BCUT2D eigenvalue weighted by molar-refractivity contribution is 5.95. The summed E-state index contributed by atoms with van der Waals surface area (Å²) in [5, 5.41) is 10.5. The molecule has 2 aliphatic rings. The number of amides is 4. The summed E-state index contributed by atoms with van der Waals surface area (Å²) in [5.74, 6) is -0.630. The maximum Gasteiger partial charge on any atom is 0.257 e. The summed E-state index contributed by atoms with van der Waals surface area (Å²) in [7, 11) is 0. The van der Waals surface area contributed by atoms with Crippen LogP contribution in [-0.2, 0) is 32.9 Å². The van der Waals surface area contributed by atoms with Crippen LogP contribution in [0.15, 0.2) is 67.0 Å². The van der Waals surface area contributed by atoms with Crippen LogP contribution in [-0.4, -0.2) is 75.9 Å². The van der Waals surface area contributed by atoms with Crippen LogP contribution < -0.4 is 10.6 Å². The first-order valence-electron chi connectivity index (χ1n) is 16.1. The van der Waals surface area contributed by atoms with Gasteiger partial charge in [-0.3, -0.25) is 23.9 Å². The van der Waals surface area contributed by atoms with Gasteiger partial charge in [0.05, 0.1) is 24.8 Å². The quantitative estimate of drug-likeness (QED) is 0.442. The Morgan fingerprint density at radius 3 is 2.56 bits per heavy atom. The van der Waals surface area contributed by atoms with E-state index in [1.165, 1.54) is 0 Å². The van der Waals surface area contributed by atoms with Gasteiger partial charge in [-0.25, -0.2) is 0 Å². The molecule has 10 heteroatoms. The van der Waals surface area contributed by atoms with E-state index in [9.17, 15) is 19.2 Å². The molecular weight excluding hydrogens is 568 g/mol. The second-order valence-corrected chi connectivity index (χ2v) is 12.5. The van der Waals surface area contributed by atoms with Gasteiger partial charge in [0.15, 0.2) is 0 Å². The van der Waals surface area contributed by atoms with E-state index in [-0.39, 0.29) is 49.7 Å². The molecule has 1 aliphatic carbocycles. The Hall–Kier alpha value is -4.47. The van der Waals surface area contributed by atoms with E-state index in [1.807, 2.05) is 54.6 Å². The van der Waals surface area contributed by atoms with Crippen LogP contribution in [0.4, 0.5) is 0 Å². The smallest absolute Gasteiger partial charge is 0.257 e. The average molecular weight is 613 g/mol. The summed E-state index contributed by atoms with van der Waals surface area (Å²) in [6.45, 7) is 5.83. The lowest BCUT2D eigenvalue weighted by Crippen LogP contribution is -2.60. The van der Waals surface area contributed by atoms with Gasteiger partial charge in [-0.1, -0.05) is 68.4 Å². The highest BCUT2D eigenvalue weighted by Gasteiger charge is 2.44. The van der Waals surface area contributed by atoms with Crippen molar-refractivity contribution >= 4 is 23.6 Å². The molecule has 1 aromatic heterocycles. The first kappa shape index (κ1) is 31.9. The molecule has 10 nitrogen and oxygen atoms in total. The Bertz CT molecular complexity index is 1500. The Labute approximate surface area is 265 Å². The van der Waals surface area contributed by atoms with E-state index < -0.39 is 5.54 Å². The third-order valence-corrected chi connectivity index (χ3v) is 8.72. The van der Waals surface area contributed by atoms with Crippen molar-refractivity contribution in [3.63, 3.8) is 0 Å². The summed E-state index contributed by atoms with van der Waals surface area (Å²) in [5.41, 5.74) is 2.08. The fourth-order valence-electron chi connectivity index (χ4n) is 6.28. The van der Waals surface area contributed by atoms with Crippen molar-refractivity contribution in [2.45, 2.75) is 64.5 Å². The zero-order valence-electron chi connectivity index (χ0n) is 26.3. The predicted molar refractivity (Wildman–Crippen MR) is 171 cm³/mol. The van der Waals surface area contributed by atoms with Gasteiger partial charge in [-0.2, -0.15) is 5.10 Å². The monoisotopic (exact) mass is 612 g/mol. The summed E-state index contributed by atoms with van der Waals surface area (Å²) < 4.78 is 1.73. The molecule has 1 fully saturated rings. The lowest BCUT2D eigenvalue weighted by atomic mass is 9.75. The lowest BCUT2D eigenvalue weighted by Gasteiger charge is -2.39. The van der Waals surface area contributed by atoms with Gasteiger partial charge >= 0.3 is 0 Å². The van der Waals surface area contributed by atoms with Crippen LogP contribution in [0.3, 0.4) is 0 Å². The minimum Gasteiger partial charge on any atom is -0.352 e. The topological polar surface area (TPSA) is 117 Å². The van der Waals surface area contributed by atoms with Gasteiger partial charge in [0.1, 0.15) is 5.54 Å². The number of carbonyl (C=O) groups is 4. The number of hydrogen-bond donors (Lipinski definition) is 2. The second-order valence-electron chi connectivity index (χ2n) is 12.5. The van der Waals surface area contributed by atoms with Crippen LogP contribution in [0.1, 0.15) is 73.0 Å². The SMILES string of the molecule is CC(C)CCN1CC(=O)NC2(CCCc3ccccc32)C(=O)NCCN(C(=O)c2cnn(Cc3ccccc3)c2)CCCC1=O. The van der Waals surface area contributed by atoms with Crippen LogP contribution in [0.2, 0.25) is 0 Å². The van der Waals surface area contributed by atoms with Crippen molar-refractivity contribution in [2.75, 3.05) is 32.7 Å². The molecule has 3 aromatic rings.